The van der Waals surface area contributed by atoms with E-state index in [1.807, 2.05) is 0 Å². The minimum Gasteiger partial charge on any atom is -0.496 e. The van der Waals surface area contributed by atoms with E-state index in [1.165, 1.54) is 168 Å². The van der Waals surface area contributed by atoms with Crippen LogP contribution < -0.4 is 37.4 Å². The molecule has 0 saturated heterocycles. The fourth-order valence-electron chi connectivity index (χ4n) is 11.1. The largest absolute Gasteiger partial charge is 0.496 e. The molecule has 12 rings (SSSR count). The normalized spacial score (nSPS) is 11.4. The SMILES string of the molecule is COc1ccc(F)cc1C(=O)c1ncc(Cl)cc1NS(=O)(=O)c1ccc(Cl)c(C)c1.COc1cccc(F)c1C(=O)c1ncc(Cl)cc1NS(=O)(=O)c1ccc(Br)c(C)c1.COc1ccccc1C(=O)c1ncc(Cl)cc1NS(=O)(=O)c1ccc(Cl)c(Cl)c1.Cc1cc(S(=O)(=O)Nc2cc(Cl)cnc2C(=O)c2c(C)cccc2N(C)S(C)(=O)=O)ccc1Cl. The number of hydrogen-bond donors (Lipinski definition) is 4. The maximum Gasteiger partial charge on any atom is 0.262 e. The predicted octanol–water partition coefficient (Wildman–Crippen LogP) is 19.4. The van der Waals surface area contributed by atoms with Crippen LogP contribution in [0.1, 0.15) is 86.5 Å². The van der Waals surface area contributed by atoms with E-state index in [0.29, 0.717) is 38.0 Å². The molecule has 123 heavy (non-hydrogen) atoms. The first-order valence-corrected chi connectivity index (χ1v) is 46.3. The van der Waals surface area contributed by atoms with Crippen molar-refractivity contribution in [1.29, 1.82) is 0 Å². The highest BCUT2D eigenvalue weighted by Gasteiger charge is 2.32. The summed E-state index contributed by atoms with van der Waals surface area (Å²) in [5.74, 6) is -3.86. The van der Waals surface area contributed by atoms with Gasteiger partial charge in [-0.05, 0) is 196 Å². The van der Waals surface area contributed by atoms with Crippen molar-refractivity contribution >= 4 is 210 Å². The number of sulfonamides is 5. The van der Waals surface area contributed by atoms with Crippen molar-refractivity contribution in [3.8, 4) is 17.2 Å². The second-order valence-electron chi connectivity index (χ2n) is 25.8. The van der Waals surface area contributed by atoms with Gasteiger partial charge in [-0.15, -0.1) is 0 Å². The van der Waals surface area contributed by atoms with Gasteiger partial charge < -0.3 is 14.2 Å². The summed E-state index contributed by atoms with van der Waals surface area (Å²) in [7, 11) is -14.7. The summed E-state index contributed by atoms with van der Waals surface area (Å²) in [5, 5.41) is 1.53. The van der Waals surface area contributed by atoms with E-state index in [2.05, 4.69) is 54.8 Å². The Balaban J connectivity index is 0.000000186. The molecular weight excluding hydrogens is 1930 g/mol. The molecule has 0 spiro atoms. The van der Waals surface area contributed by atoms with Crippen LogP contribution in [0.3, 0.4) is 0 Å². The summed E-state index contributed by atoms with van der Waals surface area (Å²) in [6, 6.07) is 40.3. The van der Waals surface area contributed by atoms with Crippen molar-refractivity contribution in [1.82, 2.24) is 19.9 Å². The van der Waals surface area contributed by atoms with E-state index < -0.39 is 84.9 Å². The summed E-state index contributed by atoms with van der Waals surface area (Å²) in [4.78, 5) is 68.4. The molecule has 0 amide bonds. The molecule has 4 N–H and O–H groups in total. The highest BCUT2D eigenvalue weighted by molar-refractivity contribution is 9.10. The van der Waals surface area contributed by atoms with Crippen LogP contribution >= 0.6 is 109 Å². The molecule has 4 heterocycles. The van der Waals surface area contributed by atoms with Crippen LogP contribution in [-0.2, 0) is 50.1 Å². The number of anilines is 5. The summed E-state index contributed by atoms with van der Waals surface area (Å²) in [6.45, 7) is 6.70. The number of pyridine rings is 4. The molecular formula is C81H64BrCl8F2N9O17S5. The fourth-order valence-corrected chi connectivity index (χ4v) is 17.6. The average Bonchev–Trinajstić information content (AvgIpc) is 0.712. The molecule has 0 fully saturated rings. The lowest BCUT2D eigenvalue weighted by Crippen LogP contribution is -2.27. The number of ether oxygens (including phenoxy) is 3. The lowest BCUT2D eigenvalue weighted by Gasteiger charge is -2.21. The zero-order valence-electron chi connectivity index (χ0n) is 64.9. The summed E-state index contributed by atoms with van der Waals surface area (Å²) in [5.41, 5.74) is 0.695. The number of carbonyl (C=O) groups excluding carboxylic acids is 4. The van der Waals surface area contributed by atoms with Crippen molar-refractivity contribution < 1.29 is 84.3 Å². The standard InChI is InChI=1S/C22H21Cl2N3O5S2.C20H15BrClFN2O4S.C20H15Cl2FN2O4S.C19H13Cl3N2O4S/c1-13-6-5-7-19(27(3)33(4,29)30)20(13)22(28)21-18(11-15(23)12-25-21)26-34(31,32)16-8-9-17(24)14(2)10-16;1-11-8-13(6-7-14(11)21)30(27,28)25-16-9-12(22)10-24-19(16)20(26)18-15(23)4-3-5-17(18)29-2;1-11-7-14(4-5-16(11)22)30(27,28)25-17-8-12(21)10-24-19(17)20(26)15-9-13(23)3-6-18(15)29-2;1-28-17-5-3-2-4-13(17)19(25)18-16(8-11(20)10-23-18)24-29(26,27)12-6-7-14(21)15(22)9-12/h5-12,26H,1-4H3;2*3-10,25H,1-2H3;2-10,24H,1H3. The minimum absolute atomic E-state index is 0.00547. The molecule has 0 atom stereocenters. The Hall–Kier alpha value is -10.2. The topological polar surface area (TPSA) is 370 Å². The molecule has 0 aliphatic rings. The van der Waals surface area contributed by atoms with Gasteiger partial charge in [-0.1, -0.05) is 139 Å². The van der Waals surface area contributed by atoms with Crippen LogP contribution in [0.25, 0.3) is 0 Å². The number of nitrogens with one attached hydrogen (secondary N) is 4. The van der Waals surface area contributed by atoms with Gasteiger partial charge in [0.2, 0.25) is 33.2 Å². The summed E-state index contributed by atoms with van der Waals surface area (Å²) >= 11 is 51.0. The highest BCUT2D eigenvalue weighted by atomic mass is 79.9. The van der Waals surface area contributed by atoms with Crippen molar-refractivity contribution in [2.45, 2.75) is 47.3 Å². The lowest BCUT2D eigenvalue weighted by atomic mass is 9.99. The van der Waals surface area contributed by atoms with Gasteiger partial charge in [0.05, 0.1) is 122 Å². The number of halogens is 11. The van der Waals surface area contributed by atoms with Crippen molar-refractivity contribution in [2.75, 3.05) is 57.8 Å². The highest BCUT2D eigenvalue weighted by Crippen LogP contribution is 2.37. The van der Waals surface area contributed by atoms with Crippen molar-refractivity contribution in [3.63, 3.8) is 0 Å². The molecule has 642 valence electrons. The first-order chi connectivity index (χ1) is 57.7. The second kappa shape index (κ2) is 40.7. The van der Waals surface area contributed by atoms with Gasteiger partial charge in [0.15, 0.2) is 0 Å². The van der Waals surface area contributed by atoms with Gasteiger partial charge in [-0.2, -0.15) is 0 Å². The van der Waals surface area contributed by atoms with E-state index in [9.17, 15) is 70.0 Å². The van der Waals surface area contributed by atoms with Gasteiger partial charge in [0, 0.05) is 46.4 Å². The maximum atomic E-state index is 14.4. The van der Waals surface area contributed by atoms with Crippen LogP contribution in [0.5, 0.6) is 17.2 Å². The molecule has 0 saturated carbocycles. The first-order valence-electron chi connectivity index (χ1n) is 34.7. The number of aryl methyl sites for hydroxylation is 4. The van der Waals surface area contributed by atoms with Crippen LogP contribution in [0.4, 0.5) is 37.2 Å². The van der Waals surface area contributed by atoms with Crippen LogP contribution in [-0.4, -0.2) is 120 Å². The third kappa shape index (κ3) is 23.9. The maximum absolute atomic E-state index is 14.4. The monoisotopic (exact) mass is 1990 g/mol. The van der Waals surface area contributed by atoms with E-state index >= 15 is 0 Å². The van der Waals surface area contributed by atoms with Crippen LogP contribution in [0, 0.1) is 39.3 Å². The van der Waals surface area contributed by atoms with E-state index in [0.717, 1.165) is 33.2 Å². The molecule has 0 radical (unpaired) electrons. The molecule has 8 aromatic carbocycles. The third-order valence-electron chi connectivity index (χ3n) is 17.3. The summed E-state index contributed by atoms with van der Waals surface area (Å²) in [6.07, 6.45) is 5.82. The van der Waals surface area contributed by atoms with Crippen LogP contribution in [0.15, 0.2) is 225 Å². The van der Waals surface area contributed by atoms with Gasteiger partial charge in [0.25, 0.3) is 40.1 Å². The Kier molecular flexibility index (Phi) is 32.0. The number of rotatable bonds is 25. The van der Waals surface area contributed by atoms with Gasteiger partial charge in [0.1, 0.15) is 57.2 Å². The van der Waals surface area contributed by atoms with Gasteiger partial charge >= 0.3 is 0 Å². The third-order valence-corrected chi connectivity index (χ3v) is 27.2. The summed E-state index contributed by atoms with van der Waals surface area (Å²) < 4.78 is 182. The van der Waals surface area contributed by atoms with Crippen LogP contribution in [0.2, 0.25) is 40.2 Å². The molecule has 0 aliphatic carbocycles. The van der Waals surface area contributed by atoms with E-state index in [1.54, 1.807) is 70.2 Å². The zero-order chi connectivity index (χ0) is 90.7. The zero-order valence-corrected chi connectivity index (χ0v) is 76.6. The number of aromatic nitrogens is 4. The fraction of sp³-hybridized carbons (Fsp3) is 0.111. The van der Waals surface area contributed by atoms with Gasteiger partial charge in [-0.25, -0.2) is 70.8 Å². The number of methoxy groups -OCH3 is 3. The Labute approximate surface area is 754 Å². The number of hydrogen-bond acceptors (Lipinski definition) is 21. The average molecular weight is 2000 g/mol. The smallest absolute Gasteiger partial charge is 0.262 e. The quantitative estimate of drug-likeness (QED) is 0.0386. The lowest BCUT2D eigenvalue weighted by molar-refractivity contribution is 0.102. The molecule has 12 aromatic rings. The number of nitrogens with zero attached hydrogens (tertiary/aromatic N) is 5. The molecule has 0 aliphatic heterocycles. The van der Waals surface area contributed by atoms with Crippen molar-refractivity contribution in [2.24, 2.45) is 0 Å². The predicted molar refractivity (Wildman–Crippen MR) is 475 cm³/mol. The molecule has 4 aromatic heterocycles. The number of carbonyl (C=O) groups is 4. The first kappa shape index (κ1) is 96.7. The molecule has 0 bridgehead atoms. The minimum atomic E-state index is -4.13. The Bertz CT molecular complexity index is 6820. The Morgan fingerprint density at radius 3 is 1.15 bits per heavy atom. The van der Waals surface area contributed by atoms with E-state index in [4.69, 9.17) is 107 Å². The second-order valence-corrected chi connectivity index (χ2v) is 38.8. The number of benzene rings is 8. The Morgan fingerprint density at radius 2 is 0.740 bits per heavy atom. The number of para-hydroxylation sites is 1. The van der Waals surface area contributed by atoms with E-state index in [-0.39, 0.29) is 135 Å². The molecule has 42 heteroatoms. The molecule has 26 nitrogen and oxygen atoms in total. The Morgan fingerprint density at radius 1 is 0.374 bits per heavy atom. The van der Waals surface area contributed by atoms with Crippen molar-refractivity contribution in [3.05, 3.63) is 324 Å². The molecule has 0 unspecified atom stereocenters. The number of ketones is 4. The van der Waals surface area contributed by atoms with Gasteiger partial charge in [-0.3, -0.25) is 42.4 Å².